The maximum absolute atomic E-state index is 12.4. The number of halogens is 2. The lowest BCUT2D eigenvalue weighted by atomic mass is 9.94. The third-order valence-electron chi connectivity index (χ3n) is 2.94. The molecule has 1 atom stereocenters. The van der Waals surface area contributed by atoms with Gasteiger partial charge in [0.1, 0.15) is 0 Å². The van der Waals surface area contributed by atoms with Gasteiger partial charge in [-0.15, -0.1) is 0 Å². The molecular formula is C14H21F2NO3S. The van der Waals surface area contributed by atoms with Gasteiger partial charge in [-0.2, -0.15) is 8.78 Å². The lowest BCUT2D eigenvalue weighted by molar-refractivity contribution is 0.0515. The molecule has 1 unspecified atom stereocenters. The van der Waals surface area contributed by atoms with Crippen molar-refractivity contribution in [1.29, 1.82) is 0 Å². The molecule has 0 heterocycles. The van der Waals surface area contributed by atoms with Crippen LogP contribution in [0.3, 0.4) is 0 Å². The molecule has 1 aromatic carbocycles. The summed E-state index contributed by atoms with van der Waals surface area (Å²) >= 11 is 0. The van der Waals surface area contributed by atoms with Gasteiger partial charge in [0.2, 0.25) is 9.84 Å². The highest BCUT2D eigenvalue weighted by Crippen LogP contribution is 2.21. The fourth-order valence-corrected chi connectivity index (χ4v) is 2.83. The van der Waals surface area contributed by atoms with Crippen molar-refractivity contribution in [2.75, 3.05) is 11.9 Å². The lowest BCUT2D eigenvalue weighted by Crippen LogP contribution is -2.34. The third-order valence-corrected chi connectivity index (χ3v) is 4.34. The highest BCUT2D eigenvalue weighted by molar-refractivity contribution is 7.91. The normalized spacial score (nSPS) is 15.2. The van der Waals surface area contributed by atoms with Crippen LogP contribution in [0.15, 0.2) is 29.2 Å². The van der Waals surface area contributed by atoms with E-state index in [2.05, 4.69) is 5.32 Å². The molecule has 1 rings (SSSR count). The van der Waals surface area contributed by atoms with Gasteiger partial charge in [0.05, 0.1) is 10.5 Å². The zero-order valence-corrected chi connectivity index (χ0v) is 13.1. The summed E-state index contributed by atoms with van der Waals surface area (Å²) < 4.78 is 47.3. The van der Waals surface area contributed by atoms with Crippen LogP contribution in [0.1, 0.15) is 27.2 Å². The minimum Gasteiger partial charge on any atom is -0.388 e. The smallest absolute Gasteiger partial charge is 0.341 e. The van der Waals surface area contributed by atoms with Gasteiger partial charge in [-0.25, -0.2) is 8.42 Å². The summed E-state index contributed by atoms with van der Waals surface area (Å²) in [5, 5.41) is 13.1. The Morgan fingerprint density at radius 1 is 1.24 bits per heavy atom. The molecule has 4 nitrogen and oxygen atoms in total. The highest BCUT2D eigenvalue weighted by atomic mass is 32.2. The first-order valence-corrected chi connectivity index (χ1v) is 8.17. The summed E-state index contributed by atoms with van der Waals surface area (Å²) in [6, 6.07) is 5.06. The van der Waals surface area contributed by atoms with Crippen molar-refractivity contribution in [3.8, 4) is 0 Å². The SMILES string of the molecule is CC(C)CC(C)(O)CNc1ccc(S(=O)(=O)C(F)F)cc1. The van der Waals surface area contributed by atoms with Crippen molar-refractivity contribution >= 4 is 15.5 Å². The highest BCUT2D eigenvalue weighted by Gasteiger charge is 2.26. The summed E-state index contributed by atoms with van der Waals surface area (Å²) in [5.74, 6) is -3.09. The number of anilines is 1. The maximum Gasteiger partial charge on any atom is 0.341 e. The monoisotopic (exact) mass is 321 g/mol. The predicted molar refractivity (Wildman–Crippen MR) is 78.2 cm³/mol. The fourth-order valence-electron chi connectivity index (χ4n) is 2.11. The molecule has 0 aliphatic heterocycles. The van der Waals surface area contributed by atoms with Crippen molar-refractivity contribution in [3.63, 3.8) is 0 Å². The van der Waals surface area contributed by atoms with E-state index in [0.717, 1.165) is 12.1 Å². The molecule has 0 aliphatic rings. The van der Waals surface area contributed by atoms with Crippen LogP contribution in [0.25, 0.3) is 0 Å². The summed E-state index contributed by atoms with van der Waals surface area (Å²) in [5.41, 5.74) is -0.339. The van der Waals surface area contributed by atoms with Gasteiger partial charge in [-0.05, 0) is 43.5 Å². The molecular weight excluding hydrogens is 300 g/mol. The van der Waals surface area contributed by atoms with E-state index in [0.29, 0.717) is 18.0 Å². The zero-order chi connectivity index (χ0) is 16.3. The molecule has 21 heavy (non-hydrogen) atoms. The Morgan fingerprint density at radius 2 is 1.76 bits per heavy atom. The van der Waals surface area contributed by atoms with Crippen LogP contribution >= 0.6 is 0 Å². The molecule has 120 valence electrons. The summed E-state index contributed by atoms with van der Waals surface area (Å²) in [7, 11) is -4.56. The molecule has 2 N–H and O–H groups in total. The van der Waals surface area contributed by atoms with Crippen LogP contribution in [0, 0.1) is 5.92 Å². The van der Waals surface area contributed by atoms with Crippen molar-refractivity contribution in [3.05, 3.63) is 24.3 Å². The number of alkyl halides is 2. The van der Waals surface area contributed by atoms with Crippen LogP contribution in [-0.2, 0) is 9.84 Å². The van der Waals surface area contributed by atoms with Gasteiger partial charge < -0.3 is 10.4 Å². The zero-order valence-electron chi connectivity index (χ0n) is 12.3. The predicted octanol–water partition coefficient (Wildman–Crippen LogP) is 2.89. The molecule has 0 saturated carbocycles. The third kappa shape index (κ3) is 5.24. The van der Waals surface area contributed by atoms with Crippen LogP contribution in [0.2, 0.25) is 0 Å². The molecule has 1 aromatic rings. The molecule has 0 radical (unpaired) electrons. The van der Waals surface area contributed by atoms with Gasteiger partial charge in [0, 0.05) is 12.2 Å². The maximum atomic E-state index is 12.4. The van der Waals surface area contributed by atoms with Crippen molar-refractivity contribution in [2.45, 2.75) is 43.4 Å². The first-order valence-electron chi connectivity index (χ1n) is 6.63. The van der Waals surface area contributed by atoms with E-state index >= 15 is 0 Å². The number of aliphatic hydroxyl groups is 1. The number of rotatable bonds is 7. The standard InChI is InChI=1S/C14H21F2NO3S/c1-10(2)8-14(3,18)9-17-11-4-6-12(7-5-11)21(19,20)13(15)16/h4-7,10,13,17-18H,8-9H2,1-3H3. The van der Waals surface area contributed by atoms with E-state index < -0.39 is 26.1 Å². The van der Waals surface area contributed by atoms with Crippen molar-refractivity contribution in [2.24, 2.45) is 5.92 Å². The Morgan fingerprint density at radius 3 is 2.19 bits per heavy atom. The topological polar surface area (TPSA) is 66.4 Å². The fraction of sp³-hybridized carbons (Fsp3) is 0.571. The van der Waals surface area contributed by atoms with Gasteiger partial charge in [0.15, 0.2) is 0 Å². The Kier molecular flexibility index (Phi) is 5.69. The second-order valence-corrected chi connectivity index (χ2v) is 7.70. The molecule has 0 bridgehead atoms. The minimum atomic E-state index is -4.56. The number of hydrogen-bond donors (Lipinski definition) is 2. The van der Waals surface area contributed by atoms with Crippen molar-refractivity contribution < 1.29 is 22.3 Å². The second kappa shape index (κ2) is 6.70. The Labute approximate surface area is 124 Å². The van der Waals surface area contributed by atoms with E-state index in [9.17, 15) is 22.3 Å². The number of hydrogen-bond acceptors (Lipinski definition) is 4. The average Bonchev–Trinajstić information content (AvgIpc) is 2.35. The van der Waals surface area contributed by atoms with Gasteiger partial charge in [-0.3, -0.25) is 0 Å². The van der Waals surface area contributed by atoms with Gasteiger partial charge in [0.25, 0.3) is 0 Å². The minimum absolute atomic E-state index is 0.284. The van der Waals surface area contributed by atoms with E-state index in [1.165, 1.54) is 12.1 Å². The molecule has 0 amide bonds. The Balaban J connectivity index is 2.72. The molecule has 0 saturated heterocycles. The van der Waals surface area contributed by atoms with Crippen molar-refractivity contribution in [1.82, 2.24) is 0 Å². The molecule has 0 aromatic heterocycles. The summed E-state index contributed by atoms with van der Waals surface area (Å²) in [4.78, 5) is -0.419. The second-order valence-electron chi connectivity index (χ2n) is 5.78. The molecule has 0 aliphatic carbocycles. The summed E-state index contributed by atoms with van der Waals surface area (Å²) in [6.45, 7) is 5.98. The number of sulfone groups is 1. The Hall–Kier alpha value is -1.21. The quantitative estimate of drug-likeness (QED) is 0.810. The summed E-state index contributed by atoms with van der Waals surface area (Å²) in [6.07, 6.45) is 0.609. The molecule has 0 fully saturated rings. The first-order chi connectivity index (χ1) is 9.54. The van der Waals surface area contributed by atoms with E-state index in [1.807, 2.05) is 13.8 Å². The number of benzene rings is 1. The van der Waals surface area contributed by atoms with E-state index in [1.54, 1.807) is 6.92 Å². The Bertz CT molecular complexity index is 554. The van der Waals surface area contributed by atoms with Crippen LogP contribution in [0.5, 0.6) is 0 Å². The lowest BCUT2D eigenvalue weighted by Gasteiger charge is -2.26. The molecule has 7 heteroatoms. The molecule has 0 spiro atoms. The van der Waals surface area contributed by atoms with Crippen LogP contribution in [0.4, 0.5) is 14.5 Å². The van der Waals surface area contributed by atoms with E-state index in [4.69, 9.17) is 0 Å². The first kappa shape index (κ1) is 17.8. The van der Waals surface area contributed by atoms with Crippen LogP contribution in [-0.4, -0.2) is 31.4 Å². The van der Waals surface area contributed by atoms with E-state index in [-0.39, 0.29) is 6.54 Å². The van der Waals surface area contributed by atoms with Crippen LogP contribution < -0.4 is 5.32 Å². The number of nitrogens with one attached hydrogen (secondary N) is 1. The average molecular weight is 321 g/mol. The largest absolute Gasteiger partial charge is 0.388 e. The van der Waals surface area contributed by atoms with Gasteiger partial charge in [-0.1, -0.05) is 13.8 Å². The van der Waals surface area contributed by atoms with Gasteiger partial charge >= 0.3 is 5.76 Å².